The van der Waals surface area contributed by atoms with Crippen LogP contribution in [0.3, 0.4) is 0 Å². The first-order chi connectivity index (χ1) is 6.68. The zero-order valence-electron chi connectivity index (χ0n) is 8.37. The molecule has 1 nitrogen and oxygen atoms in total. The molecule has 0 radical (unpaired) electrons. The van der Waals surface area contributed by atoms with Crippen molar-refractivity contribution in [3.8, 4) is 11.8 Å². The van der Waals surface area contributed by atoms with Crippen molar-refractivity contribution in [2.45, 2.75) is 13.8 Å². The summed E-state index contributed by atoms with van der Waals surface area (Å²) in [5, 5.41) is 0. The zero-order valence-corrected chi connectivity index (χ0v) is 8.37. The molecule has 0 unspecified atom stereocenters. The summed E-state index contributed by atoms with van der Waals surface area (Å²) < 4.78 is 0. The van der Waals surface area contributed by atoms with E-state index in [-0.39, 0.29) is 5.78 Å². The molecule has 0 N–H and O–H groups in total. The topological polar surface area (TPSA) is 17.1 Å². The molecule has 0 saturated heterocycles. The minimum Gasteiger partial charge on any atom is -0.280 e. The summed E-state index contributed by atoms with van der Waals surface area (Å²) >= 11 is 0. The Morgan fingerprint density at radius 2 is 1.86 bits per heavy atom. The lowest BCUT2D eigenvalue weighted by Gasteiger charge is -1.86. The third-order valence-electron chi connectivity index (χ3n) is 1.52. The van der Waals surface area contributed by atoms with Crippen LogP contribution < -0.4 is 0 Å². The zero-order chi connectivity index (χ0) is 10.4. The monoisotopic (exact) mass is 184 g/mol. The smallest absolute Gasteiger partial charge is 0.228 e. The summed E-state index contributed by atoms with van der Waals surface area (Å²) in [6.45, 7) is 3.75. The van der Waals surface area contributed by atoms with Crippen LogP contribution in [-0.4, -0.2) is 5.78 Å². The average molecular weight is 184 g/mol. The largest absolute Gasteiger partial charge is 0.280 e. The second kappa shape index (κ2) is 5.04. The van der Waals surface area contributed by atoms with Gasteiger partial charge in [-0.2, -0.15) is 0 Å². The fraction of sp³-hybridized carbons (Fsp3) is 0.154. The van der Waals surface area contributed by atoms with Gasteiger partial charge in [-0.15, -0.1) is 0 Å². The highest BCUT2D eigenvalue weighted by molar-refractivity contribution is 6.04. The molecule has 1 aromatic carbocycles. The van der Waals surface area contributed by atoms with E-state index in [0.717, 1.165) is 11.1 Å². The van der Waals surface area contributed by atoms with Crippen molar-refractivity contribution in [3.63, 3.8) is 0 Å². The number of carbonyl (C=O) groups is 1. The van der Waals surface area contributed by atoms with E-state index < -0.39 is 0 Å². The molecule has 0 aliphatic heterocycles. The SMILES string of the molecule is CC(C)=CC(=O)C#Cc1ccccc1. The van der Waals surface area contributed by atoms with Gasteiger partial charge in [0.25, 0.3) is 0 Å². The minimum absolute atomic E-state index is 0.145. The maximum Gasteiger partial charge on any atom is 0.228 e. The Labute approximate surface area is 84.5 Å². The molecule has 0 aliphatic carbocycles. The summed E-state index contributed by atoms with van der Waals surface area (Å²) in [6, 6.07) is 9.47. The molecule has 0 aliphatic rings. The quantitative estimate of drug-likeness (QED) is 0.484. The number of hydrogen-bond donors (Lipinski definition) is 0. The van der Waals surface area contributed by atoms with Crippen molar-refractivity contribution < 1.29 is 4.79 Å². The second-order valence-electron chi connectivity index (χ2n) is 3.20. The fourth-order valence-electron chi connectivity index (χ4n) is 0.954. The fourth-order valence-corrected chi connectivity index (χ4v) is 0.954. The number of allylic oxidation sites excluding steroid dienone is 2. The van der Waals surface area contributed by atoms with Gasteiger partial charge in [0, 0.05) is 5.56 Å². The molecule has 0 aromatic heterocycles. The molecule has 1 rings (SSSR count). The maximum absolute atomic E-state index is 11.2. The molecule has 1 heteroatoms. The van der Waals surface area contributed by atoms with E-state index in [9.17, 15) is 4.79 Å². The summed E-state index contributed by atoms with van der Waals surface area (Å²) in [4.78, 5) is 11.2. The molecular weight excluding hydrogens is 172 g/mol. The van der Waals surface area contributed by atoms with E-state index in [1.54, 1.807) is 0 Å². The van der Waals surface area contributed by atoms with Crippen molar-refractivity contribution >= 4 is 5.78 Å². The number of benzene rings is 1. The molecule has 0 saturated carbocycles. The van der Waals surface area contributed by atoms with Gasteiger partial charge in [0.15, 0.2) is 0 Å². The van der Waals surface area contributed by atoms with Gasteiger partial charge in [-0.05, 0) is 38.0 Å². The van der Waals surface area contributed by atoms with Crippen LogP contribution >= 0.6 is 0 Å². The molecule has 0 bridgehead atoms. The van der Waals surface area contributed by atoms with Crippen molar-refractivity contribution in [1.29, 1.82) is 0 Å². The minimum atomic E-state index is -0.145. The van der Waals surface area contributed by atoms with Gasteiger partial charge in [-0.3, -0.25) is 4.79 Å². The molecule has 0 heterocycles. The molecule has 0 amide bonds. The van der Waals surface area contributed by atoms with E-state index in [1.807, 2.05) is 44.2 Å². The van der Waals surface area contributed by atoms with Gasteiger partial charge >= 0.3 is 0 Å². The molecule has 0 atom stereocenters. The summed E-state index contributed by atoms with van der Waals surface area (Å²) in [5.41, 5.74) is 1.83. The van der Waals surface area contributed by atoms with Crippen LogP contribution in [-0.2, 0) is 4.79 Å². The third-order valence-corrected chi connectivity index (χ3v) is 1.52. The Morgan fingerprint density at radius 3 is 2.43 bits per heavy atom. The van der Waals surface area contributed by atoms with Gasteiger partial charge < -0.3 is 0 Å². The van der Waals surface area contributed by atoms with Gasteiger partial charge in [0.05, 0.1) is 0 Å². The lowest BCUT2D eigenvalue weighted by Crippen LogP contribution is -1.87. The van der Waals surface area contributed by atoms with Crippen molar-refractivity contribution in [1.82, 2.24) is 0 Å². The highest BCUT2D eigenvalue weighted by Gasteiger charge is 1.89. The van der Waals surface area contributed by atoms with Gasteiger partial charge in [-0.25, -0.2) is 0 Å². The number of hydrogen-bond acceptors (Lipinski definition) is 1. The van der Waals surface area contributed by atoms with Gasteiger partial charge in [-0.1, -0.05) is 29.7 Å². The van der Waals surface area contributed by atoms with Crippen LogP contribution in [0.25, 0.3) is 0 Å². The van der Waals surface area contributed by atoms with Crippen LogP contribution in [0, 0.1) is 11.8 Å². The lowest BCUT2D eigenvalue weighted by atomic mass is 10.2. The molecule has 14 heavy (non-hydrogen) atoms. The van der Waals surface area contributed by atoms with E-state index in [1.165, 1.54) is 6.08 Å². The summed E-state index contributed by atoms with van der Waals surface area (Å²) in [7, 11) is 0. The van der Waals surface area contributed by atoms with Crippen LogP contribution in [0.1, 0.15) is 19.4 Å². The predicted octanol–water partition coefficient (Wildman–Crippen LogP) is 2.57. The van der Waals surface area contributed by atoms with Crippen LogP contribution in [0.4, 0.5) is 0 Å². The Balaban J connectivity index is 2.75. The van der Waals surface area contributed by atoms with E-state index >= 15 is 0 Å². The van der Waals surface area contributed by atoms with Gasteiger partial charge in [0.2, 0.25) is 5.78 Å². The molecule has 1 aromatic rings. The van der Waals surface area contributed by atoms with E-state index in [2.05, 4.69) is 11.8 Å². The standard InChI is InChI=1S/C13H12O/c1-11(2)10-13(14)9-8-12-6-4-3-5-7-12/h3-7,10H,1-2H3. The van der Waals surface area contributed by atoms with Crippen molar-refractivity contribution in [3.05, 3.63) is 47.5 Å². The first-order valence-electron chi connectivity index (χ1n) is 4.44. The highest BCUT2D eigenvalue weighted by atomic mass is 16.1. The first kappa shape index (κ1) is 10.3. The van der Waals surface area contributed by atoms with Crippen LogP contribution in [0.2, 0.25) is 0 Å². The van der Waals surface area contributed by atoms with Crippen molar-refractivity contribution in [2.75, 3.05) is 0 Å². The van der Waals surface area contributed by atoms with Crippen LogP contribution in [0.15, 0.2) is 42.0 Å². The summed E-state index contributed by atoms with van der Waals surface area (Å²) in [6.07, 6.45) is 1.54. The van der Waals surface area contributed by atoms with Crippen LogP contribution in [0.5, 0.6) is 0 Å². The van der Waals surface area contributed by atoms with E-state index in [0.29, 0.717) is 0 Å². The number of rotatable bonds is 1. The Kier molecular flexibility index (Phi) is 3.69. The highest BCUT2D eigenvalue weighted by Crippen LogP contribution is 1.95. The number of carbonyl (C=O) groups excluding carboxylic acids is 1. The normalized spacial score (nSPS) is 8.43. The Hall–Kier alpha value is -1.81. The lowest BCUT2D eigenvalue weighted by molar-refractivity contribution is -0.109. The summed E-state index contributed by atoms with van der Waals surface area (Å²) in [5.74, 6) is 5.23. The average Bonchev–Trinajstić information content (AvgIpc) is 2.15. The Morgan fingerprint density at radius 1 is 1.21 bits per heavy atom. The Bertz CT molecular complexity index is 398. The van der Waals surface area contributed by atoms with Crippen molar-refractivity contribution in [2.24, 2.45) is 0 Å². The predicted molar refractivity (Wildman–Crippen MR) is 57.8 cm³/mol. The second-order valence-corrected chi connectivity index (χ2v) is 3.20. The molecule has 70 valence electrons. The van der Waals surface area contributed by atoms with Gasteiger partial charge in [0.1, 0.15) is 0 Å². The third kappa shape index (κ3) is 3.73. The molecule has 0 fully saturated rings. The number of ketones is 1. The maximum atomic E-state index is 11.2. The molecule has 0 spiro atoms. The molecular formula is C13H12O. The van der Waals surface area contributed by atoms with E-state index in [4.69, 9.17) is 0 Å². The first-order valence-corrected chi connectivity index (χ1v) is 4.44.